The molecule has 1 heterocycles. The largest absolute Gasteiger partial charge is 0.497 e. The Balaban J connectivity index is 1.69. The molecule has 0 aromatic heterocycles. The zero-order valence-electron chi connectivity index (χ0n) is 15.8. The van der Waals surface area contributed by atoms with Gasteiger partial charge in [-0.2, -0.15) is 4.31 Å². The van der Waals surface area contributed by atoms with E-state index in [-0.39, 0.29) is 17.5 Å². The highest BCUT2D eigenvalue weighted by atomic mass is 32.2. The fourth-order valence-electron chi connectivity index (χ4n) is 2.96. The molecule has 0 amide bonds. The van der Waals surface area contributed by atoms with Crippen LogP contribution in [0.1, 0.15) is 24.5 Å². The fourth-order valence-corrected chi connectivity index (χ4v) is 4.44. The number of hydrogen-bond donors (Lipinski definition) is 0. The summed E-state index contributed by atoms with van der Waals surface area (Å²) >= 11 is 0. The maximum Gasteiger partial charge on any atom is 0.243 e. The highest BCUT2D eigenvalue weighted by Crippen LogP contribution is 2.23. The van der Waals surface area contributed by atoms with Crippen LogP contribution in [0.4, 0.5) is 0 Å². The topological polar surface area (TPSA) is 68.2 Å². The molecule has 1 aliphatic heterocycles. The Hall–Kier alpha value is -2.38. The van der Waals surface area contributed by atoms with E-state index in [0.717, 1.165) is 11.3 Å². The molecule has 0 unspecified atom stereocenters. The van der Waals surface area contributed by atoms with Crippen LogP contribution in [0.25, 0.3) is 0 Å². The first-order valence-electron chi connectivity index (χ1n) is 8.88. The zero-order valence-corrected chi connectivity index (χ0v) is 16.6. The Bertz CT molecular complexity index is 906. The molecule has 0 N–H and O–H groups in total. The minimum absolute atomic E-state index is 0.239. The molecule has 0 radical (unpaired) electrons. The first-order valence-corrected chi connectivity index (χ1v) is 10.3. The molecule has 2 aromatic rings. The highest BCUT2D eigenvalue weighted by molar-refractivity contribution is 7.89. The average molecular weight is 388 g/mol. The van der Waals surface area contributed by atoms with Crippen LogP contribution >= 0.6 is 0 Å². The third-order valence-electron chi connectivity index (χ3n) is 4.57. The van der Waals surface area contributed by atoms with Crippen molar-refractivity contribution in [2.45, 2.75) is 31.3 Å². The second kappa shape index (κ2) is 8.10. The van der Waals surface area contributed by atoms with Gasteiger partial charge < -0.3 is 9.57 Å². The van der Waals surface area contributed by atoms with E-state index in [1.807, 2.05) is 38.1 Å². The predicted octanol–water partition coefficient (Wildman–Crippen LogP) is 3.21. The summed E-state index contributed by atoms with van der Waals surface area (Å²) in [4.78, 5) is 5.75. The zero-order chi connectivity index (χ0) is 19.4. The lowest BCUT2D eigenvalue weighted by molar-refractivity contribution is 0.0712. The van der Waals surface area contributed by atoms with Gasteiger partial charge in [0, 0.05) is 13.0 Å². The molecule has 1 atom stereocenters. The molecule has 144 valence electrons. The maximum atomic E-state index is 12.9. The van der Waals surface area contributed by atoms with Gasteiger partial charge in [0.1, 0.15) is 11.9 Å². The second-order valence-electron chi connectivity index (χ2n) is 6.47. The molecule has 0 saturated carbocycles. The third kappa shape index (κ3) is 4.31. The van der Waals surface area contributed by atoms with E-state index in [9.17, 15) is 8.42 Å². The minimum Gasteiger partial charge on any atom is -0.497 e. The van der Waals surface area contributed by atoms with Gasteiger partial charge in [-0.3, -0.25) is 0 Å². The first kappa shape index (κ1) is 19.4. The van der Waals surface area contributed by atoms with Crippen molar-refractivity contribution in [3.05, 3.63) is 59.7 Å². The van der Waals surface area contributed by atoms with Crippen LogP contribution in [-0.2, 0) is 14.9 Å². The van der Waals surface area contributed by atoms with Gasteiger partial charge in [0.2, 0.25) is 10.0 Å². The van der Waals surface area contributed by atoms with Crippen molar-refractivity contribution in [2.24, 2.45) is 5.16 Å². The minimum atomic E-state index is -3.60. The summed E-state index contributed by atoms with van der Waals surface area (Å²) in [5, 5.41) is 4.16. The van der Waals surface area contributed by atoms with E-state index in [2.05, 4.69) is 5.16 Å². The van der Waals surface area contributed by atoms with Crippen molar-refractivity contribution >= 4 is 15.7 Å². The summed E-state index contributed by atoms with van der Waals surface area (Å²) in [6, 6.07) is 14.5. The number of methoxy groups -OCH3 is 1. The smallest absolute Gasteiger partial charge is 0.243 e. The third-order valence-corrected chi connectivity index (χ3v) is 6.53. The SMILES string of the molecule is CCN(C[C@H]1CC(c2ccc(C)cc2)=NO1)S(=O)(=O)c1ccc(OC)cc1. The summed E-state index contributed by atoms with van der Waals surface area (Å²) in [7, 11) is -2.06. The Morgan fingerprint density at radius 3 is 2.41 bits per heavy atom. The number of ether oxygens (including phenoxy) is 1. The molecule has 27 heavy (non-hydrogen) atoms. The van der Waals surface area contributed by atoms with Crippen LogP contribution in [-0.4, -0.2) is 44.7 Å². The summed E-state index contributed by atoms with van der Waals surface area (Å²) in [6.45, 7) is 4.46. The van der Waals surface area contributed by atoms with Crippen LogP contribution in [0.3, 0.4) is 0 Å². The number of nitrogens with zero attached hydrogens (tertiary/aromatic N) is 2. The van der Waals surface area contributed by atoms with Crippen molar-refractivity contribution in [3.63, 3.8) is 0 Å². The van der Waals surface area contributed by atoms with E-state index in [1.54, 1.807) is 31.4 Å². The standard InChI is InChI=1S/C20H24N2O4S/c1-4-22(27(23,24)19-11-9-17(25-3)10-12-19)14-18-13-20(21-26-18)16-7-5-15(2)6-8-16/h5-12,18H,4,13-14H2,1-3H3/t18-/m1/s1. The lowest BCUT2D eigenvalue weighted by atomic mass is 10.0. The molecule has 2 aromatic carbocycles. The molecule has 3 rings (SSSR count). The monoisotopic (exact) mass is 388 g/mol. The Morgan fingerprint density at radius 1 is 1.15 bits per heavy atom. The van der Waals surface area contributed by atoms with Crippen LogP contribution in [0, 0.1) is 6.92 Å². The summed E-state index contributed by atoms with van der Waals surface area (Å²) in [5.41, 5.74) is 3.03. The number of rotatable bonds is 7. The fraction of sp³-hybridized carbons (Fsp3) is 0.350. The summed E-state index contributed by atoms with van der Waals surface area (Å²) in [6.07, 6.45) is 0.284. The molecule has 6 nitrogen and oxygen atoms in total. The number of likely N-dealkylation sites (N-methyl/N-ethyl adjacent to an activating group) is 1. The predicted molar refractivity (Wildman–Crippen MR) is 105 cm³/mol. The molecular formula is C20H24N2O4S. The number of aryl methyl sites for hydroxylation is 1. The lowest BCUT2D eigenvalue weighted by Crippen LogP contribution is -2.37. The second-order valence-corrected chi connectivity index (χ2v) is 8.40. The van der Waals surface area contributed by atoms with Gasteiger partial charge in [0.25, 0.3) is 0 Å². The molecule has 0 aliphatic carbocycles. The van der Waals surface area contributed by atoms with Gasteiger partial charge in [-0.25, -0.2) is 8.42 Å². The Morgan fingerprint density at radius 2 is 1.81 bits per heavy atom. The Labute approximate surface area is 160 Å². The van der Waals surface area contributed by atoms with Crippen molar-refractivity contribution in [2.75, 3.05) is 20.2 Å². The summed E-state index contributed by atoms with van der Waals surface area (Å²) < 4.78 is 32.4. The van der Waals surface area contributed by atoms with Crippen LogP contribution in [0.15, 0.2) is 58.6 Å². The summed E-state index contributed by atoms with van der Waals surface area (Å²) in [5.74, 6) is 0.618. The van der Waals surface area contributed by atoms with Crippen molar-refractivity contribution in [1.82, 2.24) is 4.31 Å². The molecule has 0 fully saturated rings. The Kier molecular flexibility index (Phi) is 5.82. The van der Waals surface area contributed by atoms with E-state index in [0.29, 0.717) is 18.7 Å². The molecule has 1 aliphatic rings. The number of sulfonamides is 1. The van der Waals surface area contributed by atoms with Crippen molar-refractivity contribution in [3.8, 4) is 5.75 Å². The number of benzene rings is 2. The number of oxime groups is 1. The highest BCUT2D eigenvalue weighted by Gasteiger charge is 2.30. The van der Waals surface area contributed by atoms with Crippen LogP contribution in [0.5, 0.6) is 5.75 Å². The van der Waals surface area contributed by atoms with E-state index >= 15 is 0 Å². The molecule has 7 heteroatoms. The lowest BCUT2D eigenvalue weighted by Gasteiger charge is -2.22. The van der Waals surface area contributed by atoms with Gasteiger partial charge in [-0.15, -0.1) is 0 Å². The van der Waals surface area contributed by atoms with Gasteiger partial charge >= 0.3 is 0 Å². The normalized spacial score (nSPS) is 16.9. The molecule has 0 saturated heterocycles. The van der Waals surface area contributed by atoms with Crippen molar-refractivity contribution in [1.29, 1.82) is 0 Å². The molecular weight excluding hydrogens is 364 g/mol. The average Bonchev–Trinajstić information content (AvgIpc) is 3.15. The quantitative estimate of drug-likeness (QED) is 0.730. The van der Waals surface area contributed by atoms with E-state index in [4.69, 9.17) is 9.57 Å². The van der Waals surface area contributed by atoms with Crippen LogP contribution in [0.2, 0.25) is 0 Å². The molecule has 0 spiro atoms. The van der Waals surface area contributed by atoms with Gasteiger partial charge in [0.15, 0.2) is 0 Å². The maximum absolute atomic E-state index is 12.9. The van der Waals surface area contributed by atoms with E-state index < -0.39 is 10.0 Å². The first-order chi connectivity index (χ1) is 12.9. The van der Waals surface area contributed by atoms with Crippen molar-refractivity contribution < 1.29 is 18.0 Å². The van der Waals surface area contributed by atoms with Gasteiger partial charge in [0.05, 0.1) is 24.3 Å². The van der Waals surface area contributed by atoms with Crippen LogP contribution < -0.4 is 4.74 Å². The van der Waals surface area contributed by atoms with Gasteiger partial charge in [-0.05, 0) is 36.8 Å². The van der Waals surface area contributed by atoms with E-state index in [1.165, 1.54) is 9.87 Å². The number of hydrogen-bond acceptors (Lipinski definition) is 5. The van der Waals surface area contributed by atoms with Gasteiger partial charge in [-0.1, -0.05) is 41.9 Å². The molecule has 0 bridgehead atoms.